The smallest absolute Gasteiger partial charge is 0.224 e. The van der Waals surface area contributed by atoms with E-state index in [1.165, 1.54) is 0 Å². The zero-order valence-electron chi connectivity index (χ0n) is 21.5. The minimum atomic E-state index is 0.438. The Morgan fingerprint density at radius 2 is 1.92 bits per heavy atom. The SMILES string of the molecule is COC1=CC(OC)=C(Cl)C(=c2cc3c(n4cnnc24)=NC(Nc2ccc(N4CCN(C)CC4)nc2)=NC3)C1. The maximum atomic E-state index is 6.72. The van der Waals surface area contributed by atoms with Gasteiger partial charge in [-0.15, -0.1) is 10.2 Å². The number of anilines is 2. The van der Waals surface area contributed by atoms with Crippen LogP contribution in [0.1, 0.15) is 12.0 Å². The number of pyridine rings is 2. The monoisotopic (exact) mass is 533 g/mol. The van der Waals surface area contributed by atoms with Crippen molar-refractivity contribution in [1.82, 2.24) is 24.5 Å². The van der Waals surface area contributed by atoms with Crippen LogP contribution in [0, 0.1) is 0 Å². The van der Waals surface area contributed by atoms with Crippen LogP contribution in [0.2, 0.25) is 0 Å². The van der Waals surface area contributed by atoms with Crippen molar-refractivity contribution in [2.24, 2.45) is 9.98 Å². The fourth-order valence-corrected chi connectivity index (χ4v) is 5.13. The number of aliphatic imine (C=N–C) groups is 1. The van der Waals surface area contributed by atoms with Crippen molar-refractivity contribution >= 4 is 40.3 Å². The number of nitrogens with zero attached hydrogens (tertiary/aromatic N) is 8. The van der Waals surface area contributed by atoms with Crippen LogP contribution >= 0.6 is 11.6 Å². The van der Waals surface area contributed by atoms with Crippen molar-refractivity contribution in [1.29, 1.82) is 0 Å². The van der Waals surface area contributed by atoms with Crippen molar-refractivity contribution in [3.05, 3.63) is 69.6 Å². The topological polar surface area (TPSA) is 105 Å². The lowest BCUT2D eigenvalue weighted by Crippen LogP contribution is -2.44. The summed E-state index contributed by atoms with van der Waals surface area (Å²) in [6, 6.07) is 6.07. The molecule has 0 radical (unpaired) electrons. The van der Waals surface area contributed by atoms with Gasteiger partial charge < -0.3 is 24.6 Å². The summed E-state index contributed by atoms with van der Waals surface area (Å²) in [7, 11) is 5.36. The van der Waals surface area contributed by atoms with Crippen LogP contribution in [0.25, 0.3) is 11.2 Å². The molecule has 12 heteroatoms. The Kier molecular flexibility index (Phi) is 6.46. The molecule has 5 heterocycles. The first kappa shape index (κ1) is 24.4. The Morgan fingerprint density at radius 3 is 2.66 bits per heavy atom. The first-order chi connectivity index (χ1) is 18.5. The molecule has 38 heavy (non-hydrogen) atoms. The first-order valence-corrected chi connectivity index (χ1v) is 12.7. The summed E-state index contributed by atoms with van der Waals surface area (Å²) in [6.07, 6.45) is 5.78. The van der Waals surface area contributed by atoms with Gasteiger partial charge in [0.05, 0.1) is 37.7 Å². The first-order valence-electron chi connectivity index (χ1n) is 12.4. The molecular weight excluding hydrogens is 506 g/mol. The Morgan fingerprint density at radius 1 is 1.08 bits per heavy atom. The molecule has 1 fully saturated rings. The molecule has 1 saturated heterocycles. The summed E-state index contributed by atoms with van der Waals surface area (Å²) in [5.41, 5.74) is 3.98. The molecule has 0 atom stereocenters. The second kappa shape index (κ2) is 10.1. The van der Waals surface area contributed by atoms with Crippen molar-refractivity contribution in [3.8, 4) is 0 Å². The van der Waals surface area contributed by atoms with E-state index in [0.29, 0.717) is 35.4 Å². The van der Waals surface area contributed by atoms with Crippen molar-refractivity contribution < 1.29 is 9.47 Å². The standard InChI is InChI=1S/C26H28ClN9O2/c1-34-6-8-35(9-7-34)22-5-4-17(14-28-22)31-26-29-13-16-10-20(25-33-30-15-36(25)24(16)32-26)19-11-18(37-2)12-21(38-3)23(19)27/h4-5,10,12,14-15H,6-9,11,13H2,1-3H3,(H,29,31). The summed E-state index contributed by atoms with van der Waals surface area (Å²) in [4.78, 5) is 18.7. The van der Waals surface area contributed by atoms with Gasteiger partial charge in [0.1, 0.15) is 29.2 Å². The minimum Gasteiger partial charge on any atom is -0.501 e. The molecule has 3 aromatic heterocycles. The number of likely N-dealkylation sites (N-methyl/N-ethyl adjacent to an activating group) is 1. The van der Waals surface area contributed by atoms with Gasteiger partial charge in [0, 0.05) is 49.5 Å². The van der Waals surface area contributed by atoms with Crippen LogP contribution < -0.4 is 20.9 Å². The number of allylic oxidation sites excluding steroid dienone is 3. The summed E-state index contributed by atoms with van der Waals surface area (Å²) in [6.45, 7) is 4.46. The van der Waals surface area contributed by atoms with E-state index in [2.05, 4.69) is 42.3 Å². The Hall–Kier alpha value is -3.96. The van der Waals surface area contributed by atoms with Crippen LogP contribution in [0.3, 0.4) is 0 Å². The van der Waals surface area contributed by atoms with Crippen molar-refractivity contribution in [3.63, 3.8) is 0 Å². The van der Waals surface area contributed by atoms with E-state index in [4.69, 9.17) is 26.1 Å². The lowest BCUT2D eigenvalue weighted by Gasteiger charge is -2.33. The number of piperazine rings is 1. The van der Waals surface area contributed by atoms with Crippen LogP contribution in [-0.2, 0) is 16.0 Å². The zero-order valence-corrected chi connectivity index (χ0v) is 22.2. The molecule has 0 aromatic carbocycles. The molecule has 196 valence electrons. The average molecular weight is 534 g/mol. The molecule has 6 rings (SSSR count). The van der Waals surface area contributed by atoms with E-state index in [0.717, 1.165) is 65.3 Å². The maximum absolute atomic E-state index is 6.72. The lowest BCUT2D eigenvalue weighted by atomic mass is 10.0. The van der Waals surface area contributed by atoms with E-state index in [1.54, 1.807) is 26.6 Å². The normalized spacial score (nSPS) is 19.5. The van der Waals surface area contributed by atoms with Gasteiger partial charge in [-0.2, -0.15) is 4.99 Å². The van der Waals surface area contributed by atoms with Crippen LogP contribution in [0.15, 0.2) is 63.3 Å². The summed E-state index contributed by atoms with van der Waals surface area (Å²) in [5, 5.41) is 13.2. The second-order valence-electron chi connectivity index (χ2n) is 9.36. The molecule has 3 aromatic rings. The molecule has 0 spiro atoms. The van der Waals surface area contributed by atoms with Gasteiger partial charge in [-0.1, -0.05) is 11.6 Å². The van der Waals surface area contributed by atoms with Gasteiger partial charge in [-0.3, -0.25) is 4.40 Å². The maximum Gasteiger partial charge on any atom is 0.224 e. The minimum absolute atomic E-state index is 0.438. The predicted octanol–water partition coefficient (Wildman–Crippen LogP) is 1.66. The molecule has 0 unspecified atom stereocenters. The fraction of sp³-hybridized carbons (Fsp3) is 0.346. The number of nitrogens with one attached hydrogen (secondary N) is 1. The highest BCUT2D eigenvalue weighted by Crippen LogP contribution is 2.33. The van der Waals surface area contributed by atoms with Gasteiger partial charge in [0.15, 0.2) is 5.65 Å². The highest BCUT2D eigenvalue weighted by atomic mass is 35.5. The van der Waals surface area contributed by atoms with E-state index in [-0.39, 0.29) is 0 Å². The molecule has 0 saturated carbocycles. The van der Waals surface area contributed by atoms with E-state index in [1.807, 2.05) is 28.8 Å². The molecule has 0 bridgehead atoms. The highest BCUT2D eigenvalue weighted by molar-refractivity contribution is 6.36. The van der Waals surface area contributed by atoms with Gasteiger partial charge in [0.25, 0.3) is 0 Å². The van der Waals surface area contributed by atoms with Gasteiger partial charge in [-0.25, -0.2) is 9.98 Å². The number of hydrogen-bond acceptors (Lipinski definition) is 10. The number of ether oxygens (including phenoxy) is 2. The molecule has 3 aliphatic rings. The Balaban J connectivity index is 1.32. The number of aromatic nitrogens is 4. The van der Waals surface area contributed by atoms with E-state index in [9.17, 15) is 0 Å². The van der Waals surface area contributed by atoms with Gasteiger partial charge in [0.2, 0.25) is 5.96 Å². The number of guanidine groups is 1. The van der Waals surface area contributed by atoms with E-state index >= 15 is 0 Å². The number of fused-ring (bicyclic) bond motifs is 3. The third-order valence-corrected chi connectivity index (χ3v) is 7.41. The fourth-order valence-electron chi connectivity index (χ4n) is 4.82. The number of methoxy groups -OCH3 is 2. The summed E-state index contributed by atoms with van der Waals surface area (Å²) in [5.74, 6) is 2.77. The van der Waals surface area contributed by atoms with Crippen LogP contribution in [0.5, 0.6) is 0 Å². The highest BCUT2D eigenvalue weighted by Gasteiger charge is 2.22. The molecule has 2 aliphatic heterocycles. The summed E-state index contributed by atoms with van der Waals surface area (Å²) >= 11 is 6.72. The molecule has 1 aliphatic carbocycles. The third kappa shape index (κ3) is 4.48. The van der Waals surface area contributed by atoms with Crippen LogP contribution in [-0.4, -0.2) is 77.9 Å². The molecule has 0 amide bonds. The van der Waals surface area contributed by atoms with Crippen molar-refractivity contribution in [2.45, 2.75) is 13.0 Å². The molecule has 1 N–H and O–H groups in total. The lowest BCUT2D eigenvalue weighted by molar-refractivity contribution is 0.267. The Bertz CT molecular complexity index is 1600. The Labute approximate surface area is 224 Å². The average Bonchev–Trinajstić information content (AvgIpc) is 3.44. The number of hydrogen-bond donors (Lipinski definition) is 1. The summed E-state index contributed by atoms with van der Waals surface area (Å²) < 4.78 is 12.9. The predicted molar refractivity (Wildman–Crippen MR) is 145 cm³/mol. The molecular formula is C26H28ClN9O2. The third-order valence-electron chi connectivity index (χ3n) is 7.00. The number of halogens is 1. The van der Waals surface area contributed by atoms with E-state index < -0.39 is 0 Å². The number of rotatable bonds is 4. The molecule has 11 nitrogen and oxygen atoms in total. The largest absolute Gasteiger partial charge is 0.501 e. The van der Waals surface area contributed by atoms with Crippen LogP contribution in [0.4, 0.5) is 11.5 Å². The van der Waals surface area contributed by atoms with Gasteiger partial charge >= 0.3 is 0 Å². The second-order valence-corrected chi connectivity index (χ2v) is 9.73. The zero-order chi connectivity index (χ0) is 26.2. The van der Waals surface area contributed by atoms with Gasteiger partial charge in [-0.05, 0) is 30.8 Å². The van der Waals surface area contributed by atoms with Crippen molar-refractivity contribution in [2.75, 3.05) is 57.7 Å². The quantitative estimate of drug-likeness (QED) is 0.540.